The Morgan fingerprint density at radius 3 is 2.22 bits per heavy atom. The van der Waals surface area contributed by atoms with Gasteiger partial charge in [-0.3, -0.25) is 13.9 Å². The number of ether oxygens (including phenoxy) is 1. The summed E-state index contributed by atoms with van der Waals surface area (Å²) in [6.07, 6.45) is 2.16. The zero-order valence-corrected chi connectivity index (χ0v) is 22.8. The standard InChI is InChI=1S/C27H39N3O5S/c1-6-35-25-16-11-10-15-24(25)30(36(5,33)34)19-12-17-26(31)29(22(4)27(32)28-21(2)3)20-18-23-13-8-7-9-14-23/h7-11,13-16,21-22H,6,12,17-20H2,1-5H3,(H,28,32). The van der Waals surface area contributed by atoms with E-state index in [4.69, 9.17) is 4.74 Å². The van der Waals surface area contributed by atoms with Crippen LogP contribution in [0.4, 0.5) is 5.69 Å². The second kappa shape index (κ2) is 13.9. The van der Waals surface area contributed by atoms with Crippen LogP contribution in [0.1, 0.15) is 46.1 Å². The number of carbonyl (C=O) groups excluding carboxylic acids is 2. The molecule has 2 rings (SSSR count). The SMILES string of the molecule is CCOc1ccccc1N(CCCC(=O)N(CCc1ccccc1)C(C)C(=O)NC(C)C)S(C)(=O)=O. The van der Waals surface area contributed by atoms with Crippen LogP contribution < -0.4 is 14.4 Å². The fourth-order valence-corrected chi connectivity index (χ4v) is 4.87. The average molecular weight is 518 g/mol. The van der Waals surface area contributed by atoms with Gasteiger partial charge >= 0.3 is 0 Å². The van der Waals surface area contributed by atoms with Crippen molar-refractivity contribution < 1.29 is 22.7 Å². The van der Waals surface area contributed by atoms with E-state index >= 15 is 0 Å². The number of sulfonamides is 1. The predicted octanol–water partition coefficient (Wildman–Crippen LogP) is 3.62. The Bertz CT molecular complexity index is 1090. The van der Waals surface area contributed by atoms with Crippen LogP contribution in [0, 0.1) is 0 Å². The smallest absolute Gasteiger partial charge is 0.242 e. The highest BCUT2D eigenvalue weighted by molar-refractivity contribution is 7.92. The quantitative estimate of drug-likeness (QED) is 0.413. The van der Waals surface area contributed by atoms with Crippen LogP contribution >= 0.6 is 0 Å². The molecule has 0 aliphatic heterocycles. The van der Waals surface area contributed by atoms with Crippen LogP contribution in [-0.2, 0) is 26.0 Å². The van der Waals surface area contributed by atoms with Crippen molar-refractivity contribution in [3.63, 3.8) is 0 Å². The first-order valence-electron chi connectivity index (χ1n) is 12.4. The summed E-state index contributed by atoms with van der Waals surface area (Å²) < 4.78 is 32.0. The summed E-state index contributed by atoms with van der Waals surface area (Å²) in [5.74, 6) is 0.0684. The van der Waals surface area contributed by atoms with Gasteiger partial charge in [0.1, 0.15) is 11.8 Å². The van der Waals surface area contributed by atoms with E-state index in [1.807, 2.05) is 51.1 Å². The van der Waals surface area contributed by atoms with E-state index in [1.165, 1.54) is 4.31 Å². The van der Waals surface area contributed by atoms with Gasteiger partial charge < -0.3 is 15.0 Å². The molecule has 0 aromatic heterocycles. The molecule has 0 aliphatic carbocycles. The van der Waals surface area contributed by atoms with Gasteiger partial charge in [-0.1, -0.05) is 42.5 Å². The normalized spacial score (nSPS) is 12.2. The molecule has 2 aromatic rings. The van der Waals surface area contributed by atoms with Crippen molar-refractivity contribution in [1.29, 1.82) is 0 Å². The first kappa shape index (κ1) is 29.2. The largest absolute Gasteiger partial charge is 0.492 e. The van der Waals surface area contributed by atoms with Gasteiger partial charge in [0.2, 0.25) is 21.8 Å². The molecule has 0 aliphatic rings. The molecule has 9 heteroatoms. The van der Waals surface area contributed by atoms with Crippen LogP contribution in [0.5, 0.6) is 5.75 Å². The van der Waals surface area contributed by atoms with Gasteiger partial charge in [0.25, 0.3) is 0 Å². The number of anilines is 1. The summed E-state index contributed by atoms with van der Waals surface area (Å²) in [7, 11) is -3.60. The molecule has 0 fully saturated rings. The summed E-state index contributed by atoms with van der Waals surface area (Å²) >= 11 is 0. The third-order valence-corrected chi connectivity index (χ3v) is 6.85. The minimum atomic E-state index is -3.60. The molecule has 36 heavy (non-hydrogen) atoms. The van der Waals surface area contributed by atoms with Gasteiger partial charge in [-0.2, -0.15) is 0 Å². The van der Waals surface area contributed by atoms with Gasteiger partial charge in [-0.05, 0) is 58.2 Å². The van der Waals surface area contributed by atoms with Crippen LogP contribution in [-0.4, -0.2) is 63.2 Å². The second-order valence-electron chi connectivity index (χ2n) is 9.00. The van der Waals surface area contributed by atoms with E-state index in [1.54, 1.807) is 36.1 Å². The fourth-order valence-electron chi connectivity index (χ4n) is 3.90. The highest BCUT2D eigenvalue weighted by atomic mass is 32.2. The predicted molar refractivity (Wildman–Crippen MR) is 144 cm³/mol. The van der Waals surface area contributed by atoms with Crippen LogP contribution in [0.25, 0.3) is 0 Å². The Kier molecular flexibility index (Phi) is 11.2. The Balaban J connectivity index is 2.15. The van der Waals surface area contributed by atoms with E-state index < -0.39 is 16.1 Å². The van der Waals surface area contributed by atoms with Crippen molar-refractivity contribution in [2.24, 2.45) is 0 Å². The van der Waals surface area contributed by atoms with Crippen molar-refractivity contribution in [3.05, 3.63) is 60.2 Å². The zero-order valence-electron chi connectivity index (χ0n) is 21.9. The number of amides is 2. The molecule has 2 aromatic carbocycles. The Labute approximate surface area is 215 Å². The molecule has 1 unspecified atom stereocenters. The lowest BCUT2D eigenvalue weighted by Gasteiger charge is -2.30. The lowest BCUT2D eigenvalue weighted by atomic mass is 10.1. The molecular formula is C27H39N3O5S. The summed E-state index contributed by atoms with van der Waals surface area (Å²) in [4.78, 5) is 27.6. The van der Waals surface area contributed by atoms with E-state index in [-0.39, 0.29) is 30.8 Å². The van der Waals surface area contributed by atoms with Gasteiger partial charge in [-0.25, -0.2) is 8.42 Å². The lowest BCUT2D eigenvalue weighted by Crippen LogP contribution is -2.50. The maximum atomic E-state index is 13.3. The van der Waals surface area contributed by atoms with Gasteiger partial charge in [0.15, 0.2) is 0 Å². The van der Waals surface area contributed by atoms with E-state index in [0.717, 1.165) is 11.8 Å². The number of hydrogen-bond acceptors (Lipinski definition) is 5. The molecule has 0 radical (unpaired) electrons. The third-order valence-electron chi connectivity index (χ3n) is 5.67. The van der Waals surface area contributed by atoms with E-state index in [0.29, 0.717) is 37.4 Å². The molecule has 1 atom stereocenters. The molecule has 1 N–H and O–H groups in total. The van der Waals surface area contributed by atoms with E-state index in [9.17, 15) is 18.0 Å². The van der Waals surface area contributed by atoms with Crippen molar-refractivity contribution in [2.45, 2.75) is 59.0 Å². The molecule has 0 saturated carbocycles. The fraction of sp³-hybridized carbons (Fsp3) is 0.481. The minimum Gasteiger partial charge on any atom is -0.492 e. The topological polar surface area (TPSA) is 96.0 Å². The molecule has 198 valence electrons. The third kappa shape index (κ3) is 8.86. The number of rotatable bonds is 14. The monoisotopic (exact) mass is 517 g/mol. The summed E-state index contributed by atoms with van der Waals surface area (Å²) in [5.41, 5.74) is 1.52. The van der Waals surface area contributed by atoms with Crippen molar-refractivity contribution in [3.8, 4) is 5.75 Å². The van der Waals surface area contributed by atoms with Crippen molar-refractivity contribution in [2.75, 3.05) is 30.3 Å². The van der Waals surface area contributed by atoms with Gasteiger partial charge in [0.05, 0.1) is 18.6 Å². The lowest BCUT2D eigenvalue weighted by molar-refractivity contribution is -0.140. The molecule has 8 nitrogen and oxygen atoms in total. The highest BCUT2D eigenvalue weighted by Gasteiger charge is 2.27. The number of hydrogen-bond donors (Lipinski definition) is 1. The number of nitrogens with zero attached hydrogens (tertiary/aromatic N) is 2. The maximum Gasteiger partial charge on any atom is 0.242 e. The summed E-state index contributed by atoms with van der Waals surface area (Å²) in [6, 6.07) is 16.1. The first-order chi connectivity index (χ1) is 17.0. The maximum absolute atomic E-state index is 13.3. The first-order valence-corrected chi connectivity index (χ1v) is 14.2. The molecule has 0 bridgehead atoms. The molecule has 2 amide bonds. The van der Waals surface area contributed by atoms with Crippen LogP contribution in [0.15, 0.2) is 54.6 Å². The molecule has 0 spiro atoms. The van der Waals surface area contributed by atoms with Crippen LogP contribution in [0.2, 0.25) is 0 Å². The second-order valence-corrected chi connectivity index (χ2v) is 10.9. The number of carbonyl (C=O) groups is 2. The summed E-state index contributed by atoms with van der Waals surface area (Å²) in [5, 5.41) is 2.88. The number of benzene rings is 2. The zero-order chi connectivity index (χ0) is 26.7. The Morgan fingerprint density at radius 2 is 1.61 bits per heavy atom. The van der Waals surface area contributed by atoms with Crippen molar-refractivity contribution in [1.82, 2.24) is 10.2 Å². The Morgan fingerprint density at radius 1 is 0.972 bits per heavy atom. The Hall–Kier alpha value is -3.07. The van der Waals surface area contributed by atoms with Gasteiger partial charge in [0, 0.05) is 25.6 Å². The highest BCUT2D eigenvalue weighted by Crippen LogP contribution is 2.30. The van der Waals surface area contributed by atoms with Crippen LogP contribution in [0.3, 0.4) is 0 Å². The van der Waals surface area contributed by atoms with Gasteiger partial charge in [-0.15, -0.1) is 0 Å². The molecule has 0 heterocycles. The average Bonchev–Trinajstić information content (AvgIpc) is 2.82. The molecule has 0 saturated heterocycles. The molecular weight excluding hydrogens is 478 g/mol. The number of nitrogens with one attached hydrogen (secondary N) is 1. The number of para-hydroxylation sites is 2. The van der Waals surface area contributed by atoms with Crippen molar-refractivity contribution >= 4 is 27.5 Å². The summed E-state index contributed by atoms with van der Waals surface area (Å²) in [6.45, 7) is 8.22. The minimum absolute atomic E-state index is 0.0419. The van der Waals surface area contributed by atoms with E-state index in [2.05, 4.69) is 5.32 Å².